The third kappa shape index (κ3) is 9.49. The maximum atomic E-state index is 6.00. The number of hydrogen-bond donors (Lipinski definition) is 2. The highest BCUT2D eigenvalue weighted by atomic mass is 17.0. The van der Waals surface area contributed by atoms with Crippen molar-refractivity contribution in [2.75, 3.05) is 0 Å². The third-order valence-electron chi connectivity index (χ3n) is 2.37. The molecule has 2 N–H and O–H groups in total. The van der Waals surface area contributed by atoms with Crippen LogP contribution < -0.4 is 0 Å². The zero-order valence-corrected chi connectivity index (χ0v) is 8.86. The summed E-state index contributed by atoms with van der Waals surface area (Å²) in [5.74, 6) is 0. The molecule has 0 aromatic carbocycles. The molecule has 2 nitrogen and oxygen atoms in total. The molecule has 0 amide bonds. The van der Waals surface area contributed by atoms with E-state index < -0.39 is 0 Å². The van der Waals surface area contributed by atoms with Gasteiger partial charge in [0, 0.05) is 0 Å². The van der Waals surface area contributed by atoms with E-state index in [4.69, 9.17) is 10.5 Å². The molecular weight excluding hydrogens is 176 g/mol. The molecule has 2 heteroatoms. The van der Waals surface area contributed by atoms with E-state index in [-0.39, 0.29) is 0 Å². The van der Waals surface area contributed by atoms with Crippen molar-refractivity contribution in [2.24, 2.45) is 0 Å². The van der Waals surface area contributed by atoms with Gasteiger partial charge in [-0.3, -0.25) is 10.5 Å². The molecule has 1 aliphatic rings. The highest BCUT2D eigenvalue weighted by molar-refractivity contribution is 5.02. The molecule has 0 radical (unpaired) electrons. The first-order valence-corrected chi connectivity index (χ1v) is 5.52. The fourth-order valence-corrected chi connectivity index (χ4v) is 1.58. The van der Waals surface area contributed by atoms with Gasteiger partial charge in [-0.1, -0.05) is 50.0 Å². The van der Waals surface area contributed by atoms with Crippen molar-refractivity contribution < 1.29 is 10.5 Å². The molecule has 0 aromatic heterocycles. The van der Waals surface area contributed by atoms with Crippen molar-refractivity contribution in [2.45, 2.75) is 51.4 Å². The van der Waals surface area contributed by atoms with Crippen LogP contribution in [0.4, 0.5) is 0 Å². The van der Waals surface area contributed by atoms with Crippen LogP contribution in [0.5, 0.6) is 0 Å². The fraction of sp³-hybridized carbons (Fsp3) is 0.667. The number of rotatable bonds is 0. The molecule has 1 rings (SSSR count). The minimum Gasteiger partial charge on any atom is -0.255 e. The topological polar surface area (TPSA) is 40.5 Å². The average molecular weight is 198 g/mol. The van der Waals surface area contributed by atoms with Gasteiger partial charge in [-0.15, -0.1) is 0 Å². The quantitative estimate of drug-likeness (QED) is 0.451. The van der Waals surface area contributed by atoms with E-state index in [0.717, 1.165) is 0 Å². The Bertz CT molecular complexity index is 132. The van der Waals surface area contributed by atoms with E-state index >= 15 is 0 Å². The van der Waals surface area contributed by atoms with Crippen LogP contribution in [0.3, 0.4) is 0 Å². The van der Waals surface area contributed by atoms with Gasteiger partial charge in [0.15, 0.2) is 0 Å². The highest BCUT2D eigenvalue weighted by Gasteiger charge is 1.90. The van der Waals surface area contributed by atoms with Gasteiger partial charge in [-0.25, -0.2) is 0 Å². The molecule has 0 aromatic rings. The van der Waals surface area contributed by atoms with Gasteiger partial charge in [-0.2, -0.15) is 0 Å². The Balaban J connectivity index is 0.000000791. The van der Waals surface area contributed by atoms with E-state index in [1.54, 1.807) is 0 Å². The molecule has 0 spiro atoms. The van der Waals surface area contributed by atoms with Crippen LogP contribution in [0.2, 0.25) is 0 Å². The minimum atomic E-state index is 1.27. The van der Waals surface area contributed by atoms with Crippen molar-refractivity contribution in [1.82, 2.24) is 0 Å². The molecule has 0 bridgehead atoms. The monoisotopic (exact) mass is 198 g/mol. The van der Waals surface area contributed by atoms with E-state index in [2.05, 4.69) is 24.3 Å². The van der Waals surface area contributed by atoms with Gasteiger partial charge in [0.1, 0.15) is 0 Å². The lowest BCUT2D eigenvalue weighted by Crippen LogP contribution is -1.80. The fourth-order valence-electron chi connectivity index (χ4n) is 1.58. The standard InChI is InChI=1S/C12H20.H2O2/c1-2-4-6-8-10-12-11-9-7-5-3-1;1-2/h1-4H,5-12H2;1-2H. The summed E-state index contributed by atoms with van der Waals surface area (Å²) in [5, 5.41) is 12.0. The zero-order chi connectivity index (χ0) is 10.5. The second kappa shape index (κ2) is 12.4. The highest BCUT2D eigenvalue weighted by Crippen LogP contribution is 2.10. The maximum absolute atomic E-state index is 6.00. The average Bonchev–Trinajstić information content (AvgIpc) is 2.22. The largest absolute Gasteiger partial charge is 0.255 e. The maximum Gasteiger partial charge on any atom is -0.0348 e. The van der Waals surface area contributed by atoms with Gasteiger partial charge in [0.25, 0.3) is 0 Å². The Morgan fingerprint density at radius 1 is 0.571 bits per heavy atom. The first-order valence-electron chi connectivity index (χ1n) is 5.52. The predicted molar refractivity (Wildman–Crippen MR) is 60.5 cm³/mol. The van der Waals surface area contributed by atoms with Crippen molar-refractivity contribution in [3.05, 3.63) is 24.3 Å². The smallest absolute Gasteiger partial charge is 0.0348 e. The van der Waals surface area contributed by atoms with E-state index in [1.165, 1.54) is 51.4 Å². The number of hydrogen-bond acceptors (Lipinski definition) is 2. The minimum absolute atomic E-state index is 1.27. The lowest BCUT2D eigenvalue weighted by atomic mass is 10.1. The second-order valence-corrected chi connectivity index (χ2v) is 3.55. The Labute approximate surface area is 86.9 Å². The summed E-state index contributed by atoms with van der Waals surface area (Å²) in [6, 6.07) is 0. The van der Waals surface area contributed by atoms with Crippen LogP contribution >= 0.6 is 0 Å². The summed E-state index contributed by atoms with van der Waals surface area (Å²) in [6.07, 6.45) is 20.0. The van der Waals surface area contributed by atoms with E-state index in [0.29, 0.717) is 0 Å². The lowest BCUT2D eigenvalue weighted by molar-refractivity contribution is -0.176. The Morgan fingerprint density at radius 2 is 0.929 bits per heavy atom. The molecule has 0 heterocycles. The molecule has 0 aliphatic heterocycles. The first kappa shape index (κ1) is 13.4. The van der Waals surface area contributed by atoms with Crippen LogP contribution in [0, 0.1) is 0 Å². The lowest BCUT2D eigenvalue weighted by Gasteiger charge is -1.99. The molecule has 0 saturated heterocycles. The van der Waals surface area contributed by atoms with Crippen LogP contribution in [-0.2, 0) is 0 Å². The molecule has 14 heavy (non-hydrogen) atoms. The van der Waals surface area contributed by atoms with Gasteiger partial charge in [0.05, 0.1) is 0 Å². The van der Waals surface area contributed by atoms with E-state index in [9.17, 15) is 0 Å². The summed E-state index contributed by atoms with van der Waals surface area (Å²) in [6.45, 7) is 0. The SMILES string of the molecule is C1=CCCCCCCCCC=C1.OO. The zero-order valence-electron chi connectivity index (χ0n) is 8.86. The Hall–Kier alpha value is -0.600. The molecule has 82 valence electrons. The number of allylic oxidation sites excluding steroid dienone is 4. The van der Waals surface area contributed by atoms with Crippen LogP contribution in [-0.4, -0.2) is 10.5 Å². The van der Waals surface area contributed by atoms with Crippen LogP contribution in [0.25, 0.3) is 0 Å². The molecule has 1 aliphatic carbocycles. The predicted octanol–water partition coefficient (Wildman–Crippen LogP) is 4.25. The summed E-state index contributed by atoms with van der Waals surface area (Å²) < 4.78 is 0. The van der Waals surface area contributed by atoms with Gasteiger partial charge < -0.3 is 0 Å². The van der Waals surface area contributed by atoms with Crippen molar-refractivity contribution in [1.29, 1.82) is 0 Å². The van der Waals surface area contributed by atoms with Crippen molar-refractivity contribution in [3.63, 3.8) is 0 Å². The summed E-state index contributed by atoms with van der Waals surface area (Å²) in [5.41, 5.74) is 0. The van der Waals surface area contributed by atoms with Crippen molar-refractivity contribution in [3.8, 4) is 0 Å². The third-order valence-corrected chi connectivity index (χ3v) is 2.37. The van der Waals surface area contributed by atoms with Crippen molar-refractivity contribution >= 4 is 0 Å². The second-order valence-electron chi connectivity index (χ2n) is 3.55. The molecular formula is C12H22O2. The summed E-state index contributed by atoms with van der Waals surface area (Å²) in [4.78, 5) is 0. The van der Waals surface area contributed by atoms with Gasteiger partial charge in [-0.05, 0) is 25.7 Å². The first-order chi connectivity index (χ1) is 7.00. The van der Waals surface area contributed by atoms with Crippen LogP contribution in [0.1, 0.15) is 51.4 Å². The summed E-state index contributed by atoms with van der Waals surface area (Å²) >= 11 is 0. The normalized spacial score (nSPS) is 18.7. The Morgan fingerprint density at radius 3 is 1.36 bits per heavy atom. The van der Waals surface area contributed by atoms with Crippen LogP contribution in [0.15, 0.2) is 24.3 Å². The Kier molecular flexibility index (Phi) is 11.9. The van der Waals surface area contributed by atoms with E-state index in [1.807, 2.05) is 0 Å². The molecule has 0 atom stereocenters. The van der Waals surface area contributed by atoms with Gasteiger partial charge >= 0.3 is 0 Å². The van der Waals surface area contributed by atoms with Gasteiger partial charge in [0.2, 0.25) is 0 Å². The molecule has 0 fully saturated rings. The molecule has 0 saturated carbocycles. The molecule has 0 unspecified atom stereocenters. The summed E-state index contributed by atoms with van der Waals surface area (Å²) in [7, 11) is 0.